The second-order valence-corrected chi connectivity index (χ2v) is 7.83. The molecule has 1 aromatic rings. The van der Waals surface area contributed by atoms with E-state index in [0.29, 0.717) is 31.9 Å². The normalized spacial score (nSPS) is 22.2. The van der Waals surface area contributed by atoms with Gasteiger partial charge in [0.1, 0.15) is 5.69 Å². The molecule has 2 aliphatic rings. The van der Waals surface area contributed by atoms with Crippen molar-refractivity contribution < 1.29 is 13.2 Å². The Morgan fingerprint density at radius 2 is 2.05 bits per heavy atom. The first kappa shape index (κ1) is 13.6. The van der Waals surface area contributed by atoms with E-state index in [0.717, 1.165) is 6.42 Å². The molecule has 2 fully saturated rings. The Labute approximate surface area is 118 Å². The van der Waals surface area contributed by atoms with Crippen LogP contribution >= 0.6 is 0 Å². The Balaban J connectivity index is 1.65. The van der Waals surface area contributed by atoms with Crippen LogP contribution in [-0.2, 0) is 17.1 Å². The average Bonchev–Trinajstić information content (AvgIpc) is 2.91. The van der Waals surface area contributed by atoms with Crippen LogP contribution in [-0.4, -0.2) is 65.7 Å². The first-order chi connectivity index (χ1) is 9.31. The molecule has 0 unspecified atom stereocenters. The lowest BCUT2D eigenvalue weighted by molar-refractivity contribution is 0.0127. The van der Waals surface area contributed by atoms with Gasteiger partial charge in [-0.1, -0.05) is 0 Å². The average molecular weight is 298 g/mol. The van der Waals surface area contributed by atoms with Crippen LogP contribution < -0.4 is 0 Å². The van der Waals surface area contributed by atoms with E-state index in [1.54, 1.807) is 28.9 Å². The maximum absolute atomic E-state index is 12.3. The smallest absolute Gasteiger partial charge is 0.272 e. The van der Waals surface area contributed by atoms with Gasteiger partial charge < -0.3 is 4.90 Å². The van der Waals surface area contributed by atoms with Gasteiger partial charge in [-0.3, -0.25) is 9.48 Å². The number of rotatable bonds is 2. The Morgan fingerprint density at radius 1 is 1.35 bits per heavy atom. The molecule has 8 heteroatoms. The fraction of sp³-hybridized carbons (Fsp3) is 0.667. The van der Waals surface area contributed by atoms with Crippen molar-refractivity contribution in [3.63, 3.8) is 0 Å². The van der Waals surface area contributed by atoms with Gasteiger partial charge in [-0.25, -0.2) is 12.7 Å². The minimum absolute atomic E-state index is 0.0339. The summed E-state index contributed by atoms with van der Waals surface area (Å²) >= 11 is 0. The zero-order valence-electron chi connectivity index (χ0n) is 11.6. The quantitative estimate of drug-likeness (QED) is 0.739. The lowest BCUT2D eigenvalue weighted by atomic mass is 9.79. The summed E-state index contributed by atoms with van der Waals surface area (Å²) in [6.45, 7) is 2.35. The molecular formula is C12H18N4O3S. The Morgan fingerprint density at radius 3 is 2.55 bits per heavy atom. The van der Waals surface area contributed by atoms with Crippen molar-refractivity contribution in [2.75, 3.05) is 32.4 Å². The second kappa shape index (κ2) is 4.29. The van der Waals surface area contributed by atoms with E-state index in [4.69, 9.17) is 0 Å². The van der Waals surface area contributed by atoms with Crippen molar-refractivity contribution in [1.29, 1.82) is 0 Å². The topological polar surface area (TPSA) is 75.5 Å². The van der Waals surface area contributed by atoms with Crippen LogP contribution in [0.3, 0.4) is 0 Å². The summed E-state index contributed by atoms with van der Waals surface area (Å²) in [5, 5.41) is 3.99. The number of amides is 1. The van der Waals surface area contributed by atoms with E-state index in [2.05, 4.69) is 5.10 Å². The molecule has 0 atom stereocenters. The van der Waals surface area contributed by atoms with Crippen molar-refractivity contribution in [2.24, 2.45) is 12.5 Å². The fourth-order valence-corrected chi connectivity index (χ4v) is 4.02. The molecule has 2 saturated heterocycles. The third kappa shape index (κ3) is 2.12. The molecule has 0 bridgehead atoms. The SMILES string of the molecule is Cn1nccc1C(=O)N1CC2(CCN(S(C)(=O)=O)C2)C1. The van der Waals surface area contributed by atoms with E-state index < -0.39 is 10.0 Å². The molecule has 110 valence electrons. The lowest BCUT2D eigenvalue weighted by Crippen LogP contribution is -2.59. The molecule has 2 aliphatic heterocycles. The Kier molecular flexibility index (Phi) is 2.91. The Hall–Kier alpha value is -1.41. The van der Waals surface area contributed by atoms with Gasteiger partial charge in [0.15, 0.2) is 0 Å². The highest BCUT2D eigenvalue weighted by atomic mass is 32.2. The van der Waals surface area contributed by atoms with Gasteiger partial charge in [0, 0.05) is 44.8 Å². The first-order valence-electron chi connectivity index (χ1n) is 6.53. The van der Waals surface area contributed by atoms with Crippen LogP contribution in [0.4, 0.5) is 0 Å². The summed E-state index contributed by atoms with van der Waals surface area (Å²) in [4.78, 5) is 14.0. The lowest BCUT2D eigenvalue weighted by Gasteiger charge is -2.47. The van der Waals surface area contributed by atoms with Gasteiger partial charge in [0.25, 0.3) is 5.91 Å². The zero-order chi connectivity index (χ0) is 14.5. The fourth-order valence-electron chi connectivity index (χ4n) is 3.09. The molecule has 1 aromatic heterocycles. The van der Waals surface area contributed by atoms with Crippen molar-refractivity contribution in [3.8, 4) is 0 Å². The summed E-state index contributed by atoms with van der Waals surface area (Å²) in [5.74, 6) is -0.0339. The van der Waals surface area contributed by atoms with E-state index in [1.165, 1.54) is 10.6 Å². The van der Waals surface area contributed by atoms with E-state index in [-0.39, 0.29) is 11.3 Å². The predicted molar refractivity (Wildman–Crippen MR) is 72.6 cm³/mol. The van der Waals surface area contributed by atoms with Gasteiger partial charge in [-0.15, -0.1) is 0 Å². The highest BCUT2D eigenvalue weighted by Crippen LogP contribution is 2.40. The molecule has 3 rings (SSSR count). The molecule has 0 radical (unpaired) electrons. The summed E-state index contributed by atoms with van der Waals surface area (Å²) < 4.78 is 26.2. The Bertz CT molecular complexity index is 645. The number of carbonyl (C=O) groups excluding carboxylic acids is 1. The van der Waals surface area contributed by atoms with Gasteiger partial charge in [-0.05, 0) is 12.5 Å². The summed E-state index contributed by atoms with van der Waals surface area (Å²) in [6, 6.07) is 1.70. The van der Waals surface area contributed by atoms with Crippen molar-refractivity contribution in [2.45, 2.75) is 6.42 Å². The van der Waals surface area contributed by atoms with Crippen molar-refractivity contribution >= 4 is 15.9 Å². The van der Waals surface area contributed by atoms with Crippen LogP contribution in [0.25, 0.3) is 0 Å². The molecule has 1 spiro atoms. The largest absolute Gasteiger partial charge is 0.336 e. The molecule has 1 amide bonds. The molecule has 20 heavy (non-hydrogen) atoms. The van der Waals surface area contributed by atoms with Gasteiger partial charge in [-0.2, -0.15) is 5.10 Å². The summed E-state index contributed by atoms with van der Waals surface area (Å²) in [5.41, 5.74) is 0.523. The monoisotopic (exact) mass is 298 g/mol. The van der Waals surface area contributed by atoms with E-state index in [9.17, 15) is 13.2 Å². The van der Waals surface area contributed by atoms with E-state index >= 15 is 0 Å². The molecule has 0 aliphatic carbocycles. The highest BCUT2D eigenvalue weighted by Gasteiger charge is 2.51. The van der Waals surface area contributed by atoms with Crippen molar-refractivity contribution in [3.05, 3.63) is 18.0 Å². The van der Waals surface area contributed by atoms with Crippen LogP contribution in [0.2, 0.25) is 0 Å². The maximum atomic E-state index is 12.3. The number of aryl methyl sites for hydroxylation is 1. The number of aromatic nitrogens is 2. The molecule has 7 nitrogen and oxygen atoms in total. The third-order valence-corrected chi connectivity index (χ3v) is 5.50. The molecule has 0 saturated carbocycles. The number of likely N-dealkylation sites (tertiary alicyclic amines) is 1. The van der Waals surface area contributed by atoms with Crippen LogP contribution in [0.1, 0.15) is 16.9 Å². The predicted octanol–water partition coefficient (Wildman–Crippen LogP) is -0.472. The second-order valence-electron chi connectivity index (χ2n) is 5.85. The standard InChI is InChI=1S/C12H18N4O3S/c1-14-10(3-5-13-14)11(17)15-7-12(8-15)4-6-16(9-12)20(2,18)19/h3,5H,4,6-9H2,1-2H3. The maximum Gasteiger partial charge on any atom is 0.272 e. The minimum Gasteiger partial charge on any atom is -0.336 e. The number of hydrogen-bond acceptors (Lipinski definition) is 4. The highest BCUT2D eigenvalue weighted by molar-refractivity contribution is 7.88. The van der Waals surface area contributed by atoms with Crippen LogP contribution in [0.15, 0.2) is 12.3 Å². The minimum atomic E-state index is -3.12. The molecular weight excluding hydrogens is 280 g/mol. The van der Waals surface area contributed by atoms with Crippen LogP contribution in [0, 0.1) is 5.41 Å². The summed E-state index contributed by atoms with van der Waals surface area (Å²) in [6.07, 6.45) is 3.67. The van der Waals surface area contributed by atoms with Crippen LogP contribution in [0.5, 0.6) is 0 Å². The van der Waals surface area contributed by atoms with Gasteiger partial charge >= 0.3 is 0 Å². The number of carbonyl (C=O) groups is 1. The van der Waals surface area contributed by atoms with E-state index in [1.807, 2.05) is 0 Å². The summed E-state index contributed by atoms with van der Waals surface area (Å²) in [7, 11) is -1.38. The number of nitrogens with zero attached hydrogens (tertiary/aromatic N) is 4. The van der Waals surface area contributed by atoms with Crippen molar-refractivity contribution in [1.82, 2.24) is 19.0 Å². The van der Waals surface area contributed by atoms with Gasteiger partial charge in [0.2, 0.25) is 10.0 Å². The third-order valence-electron chi connectivity index (χ3n) is 4.25. The molecule has 0 N–H and O–H groups in total. The number of hydrogen-bond donors (Lipinski definition) is 0. The number of sulfonamides is 1. The molecule has 3 heterocycles. The van der Waals surface area contributed by atoms with Gasteiger partial charge in [0.05, 0.1) is 6.26 Å². The molecule has 0 aromatic carbocycles. The first-order valence-corrected chi connectivity index (χ1v) is 8.38. The zero-order valence-corrected chi connectivity index (χ0v) is 12.4.